The molecule has 0 atom stereocenters. The summed E-state index contributed by atoms with van der Waals surface area (Å²) in [6, 6.07) is 8.27. The van der Waals surface area contributed by atoms with Crippen molar-refractivity contribution in [2.45, 2.75) is 0 Å². The van der Waals surface area contributed by atoms with Crippen molar-refractivity contribution < 1.29 is 13.2 Å². The van der Waals surface area contributed by atoms with E-state index in [1.165, 1.54) is 0 Å². The first-order valence-corrected chi connectivity index (χ1v) is 6.09. The van der Waals surface area contributed by atoms with Gasteiger partial charge in [-0.2, -0.15) is 0 Å². The first-order valence-electron chi connectivity index (χ1n) is 4.27. The number of rotatable bonds is 4. The average Bonchev–Trinajstić information content (AvgIpc) is 2.18. The monoisotopic (exact) mass is 222 g/mol. The molecule has 3 nitrogen and oxygen atoms in total. The smallest absolute Gasteiger partial charge is 0.177 e. The summed E-state index contributed by atoms with van der Waals surface area (Å²) >= 11 is 0. The van der Waals surface area contributed by atoms with Crippen molar-refractivity contribution in [1.82, 2.24) is 0 Å². The number of hydrogen-bond donors (Lipinski definition) is 0. The van der Waals surface area contributed by atoms with E-state index in [1.807, 2.05) is 5.92 Å². The minimum Gasteiger partial charge on any atom is -0.293 e. The van der Waals surface area contributed by atoms with Gasteiger partial charge in [0.1, 0.15) is 11.5 Å². The van der Waals surface area contributed by atoms with Gasteiger partial charge in [-0.3, -0.25) is 4.79 Å². The van der Waals surface area contributed by atoms with Gasteiger partial charge in [-0.25, -0.2) is 8.42 Å². The number of hydrogen-bond acceptors (Lipinski definition) is 3. The molecule has 0 amide bonds. The van der Waals surface area contributed by atoms with Gasteiger partial charge in [0, 0.05) is 5.56 Å². The Morgan fingerprint density at radius 2 is 1.87 bits per heavy atom. The first kappa shape index (κ1) is 11.5. The molecule has 1 aromatic rings. The molecular formula is C11H10O3S. The quantitative estimate of drug-likeness (QED) is 0.562. The minimum absolute atomic E-state index is 0.387. The number of carbonyl (C=O) groups excluding carboxylic acids is 1. The Bertz CT molecular complexity index is 480. The van der Waals surface area contributed by atoms with Gasteiger partial charge < -0.3 is 0 Å². The SMILES string of the molecule is C#CCS(=O)(=O)CC(=O)c1ccccc1. The predicted octanol–water partition coefficient (Wildman–Crippen LogP) is 0.917. The van der Waals surface area contributed by atoms with E-state index in [0.29, 0.717) is 5.56 Å². The van der Waals surface area contributed by atoms with Crippen LogP contribution in [0.2, 0.25) is 0 Å². The maximum absolute atomic E-state index is 11.5. The summed E-state index contributed by atoms with van der Waals surface area (Å²) in [6.07, 6.45) is 4.89. The number of sulfone groups is 1. The van der Waals surface area contributed by atoms with Gasteiger partial charge in [-0.05, 0) is 0 Å². The molecule has 0 aromatic heterocycles. The Morgan fingerprint density at radius 1 is 1.27 bits per heavy atom. The summed E-state index contributed by atoms with van der Waals surface area (Å²) in [4.78, 5) is 11.5. The largest absolute Gasteiger partial charge is 0.293 e. The van der Waals surface area contributed by atoms with Crippen LogP contribution in [0.5, 0.6) is 0 Å². The van der Waals surface area contributed by atoms with Gasteiger partial charge >= 0.3 is 0 Å². The molecule has 0 aliphatic carbocycles. The second kappa shape index (κ2) is 4.76. The van der Waals surface area contributed by atoms with Crippen molar-refractivity contribution in [2.24, 2.45) is 0 Å². The van der Waals surface area contributed by atoms with Crippen LogP contribution in [-0.2, 0) is 9.84 Å². The third-order valence-electron chi connectivity index (χ3n) is 1.75. The highest BCUT2D eigenvalue weighted by molar-refractivity contribution is 7.92. The molecule has 0 bridgehead atoms. The van der Waals surface area contributed by atoms with Crippen LogP contribution in [-0.4, -0.2) is 25.7 Å². The summed E-state index contributed by atoms with van der Waals surface area (Å²) in [5, 5.41) is 0. The molecule has 1 rings (SSSR count). The van der Waals surface area contributed by atoms with Crippen LogP contribution < -0.4 is 0 Å². The van der Waals surface area contributed by atoms with Gasteiger partial charge in [0.25, 0.3) is 0 Å². The topological polar surface area (TPSA) is 51.2 Å². The molecule has 0 heterocycles. The number of ketones is 1. The molecule has 4 heteroatoms. The molecule has 0 spiro atoms. The van der Waals surface area contributed by atoms with E-state index < -0.39 is 27.1 Å². The third-order valence-corrected chi connectivity index (χ3v) is 3.06. The van der Waals surface area contributed by atoms with E-state index in [2.05, 4.69) is 0 Å². The highest BCUT2D eigenvalue weighted by Crippen LogP contribution is 2.02. The van der Waals surface area contributed by atoms with Crippen LogP contribution in [0.25, 0.3) is 0 Å². The van der Waals surface area contributed by atoms with Crippen molar-refractivity contribution in [3.63, 3.8) is 0 Å². The Hall–Kier alpha value is -1.60. The average molecular weight is 222 g/mol. The van der Waals surface area contributed by atoms with Gasteiger partial charge in [-0.15, -0.1) is 6.42 Å². The fourth-order valence-corrected chi connectivity index (χ4v) is 2.01. The predicted molar refractivity (Wildman–Crippen MR) is 58.3 cm³/mol. The maximum Gasteiger partial charge on any atom is 0.177 e. The standard InChI is InChI=1S/C11H10O3S/c1-2-8-15(13,14)9-11(12)10-6-4-3-5-7-10/h1,3-7H,8-9H2. The highest BCUT2D eigenvalue weighted by Gasteiger charge is 2.16. The van der Waals surface area contributed by atoms with Gasteiger partial charge in [0.15, 0.2) is 15.6 Å². The first-order chi connectivity index (χ1) is 7.05. The zero-order valence-electron chi connectivity index (χ0n) is 8.01. The van der Waals surface area contributed by atoms with E-state index in [0.717, 1.165) is 0 Å². The Labute approximate surface area is 89.0 Å². The fraction of sp³-hybridized carbons (Fsp3) is 0.182. The molecule has 15 heavy (non-hydrogen) atoms. The molecule has 0 aliphatic rings. The molecule has 0 unspecified atom stereocenters. The lowest BCUT2D eigenvalue weighted by atomic mass is 10.2. The number of carbonyl (C=O) groups is 1. The second-order valence-electron chi connectivity index (χ2n) is 3.03. The van der Waals surface area contributed by atoms with Crippen LogP contribution >= 0.6 is 0 Å². The summed E-state index contributed by atoms with van der Waals surface area (Å²) in [5.74, 6) is 0.676. The molecule has 0 aliphatic heterocycles. The van der Waals surface area contributed by atoms with Gasteiger partial charge in [0.05, 0.1) is 0 Å². The van der Waals surface area contributed by atoms with Crippen molar-refractivity contribution in [2.75, 3.05) is 11.5 Å². The van der Waals surface area contributed by atoms with E-state index in [1.54, 1.807) is 30.3 Å². The Kier molecular flexibility index (Phi) is 3.64. The Balaban J connectivity index is 2.78. The summed E-state index contributed by atoms with van der Waals surface area (Å²) in [6.45, 7) is 0. The van der Waals surface area contributed by atoms with E-state index in [-0.39, 0.29) is 0 Å². The van der Waals surface area contributed by atoms with Gasteiger partial charge in [-0.1, -0.05) is 36.3 Å². The molecule has 0 fully saturated rings. The second-order valence-corrected chi connectivity index (χ2v) is 5.09. The molecule has 0 saturated heterocycles. The molecule has 0 N–H and O–H groups in total. The lowest BCUT2D eigenvalue weighted by Crippen LogP contribution is -2.18. The van der Waals surface area contributed by atoms with Gasteiger partial charge in [0.2, 0.25) is 0 Å². The molecule has 0 radical (unpaired) electrons. The van der Waals surface area contributed by atoms with Crippen LogP contribution in [0.15, 0.2) is 30.3 Å². The zero-order chi connectivity index (χ0) is 11.3. The number of terminal acetylenes is 1. The van der Waals surface area contributed by atoms with E-state index in [9.17, 15) is 13.2 Å². The van der Waals surface area contributed by atoms with Crippen molar-refractivity contribution in [3.05, 3.63) is 35.9 Å². The van der Waals surface area contributed by atoms with Crippen molar-refractivity contribution in [3.8, 4) is 12.3 Å². The third kappa shape index (κ3) is 3.56. The number of benzene rings is 1. The summed E-state index contributed by atoms with van der Waals surface area (Å²) in [7, 11) is -3.46. The van der Waals surface area contributed by atoms with E-state index >= 15 is 0 Å². The Morgan fingerprint density at radius 3 is 2.40 bits per heavy atom. The molecule has 0 saturated carbocycles. The zero-order valence-corrected chi connectivity index (χ0v) is 8.83. The lowest BCUT2D eigenvalue weighted by molar-refractivity contribution is 0.102. The minimum atomic E-state index is -3.46. The molecule has 1 aromatic carbocycles. The van der Waals surface area contributed by atoms with Crippen LogP contribution in [0, 0.1) is 12.3 Å². The van der Waals surface area contributed by atoms with Crippen molar-refractivity contribution >= 4 is 15.6 Å². The highest BCUT2D eigenvalue weighted by atomic mass is 32.2. The molecule has 78 valence electrons. The van der Waals surface area contributed by atoms with E-state index in [4.69, 9.17) is 6.42 Å². The summed E-state index contributed by atoms with van der Waals surface area (Å²) in [5.41, 5.74) is 0.387. The van der Waals surface area contributed by atoms with Crippen LogP contribution in [0.3, 0.4) is 0 Å². The lowest BCUT2D eigenvalue weighted by Gasteiger charge is -2.00. The molecular weight excluding hydrogens is 212 g/mol. The van der Waals surface area contributed by atoms with Crippen LogP contribution in [0.4, 0.5) is 0 Å². The summed E-state index contributed by atoms with van der Waals surface area (Å²) < 4.78 is 22.5. The fourth-order valence-electron chi connectivity index (χ4n) is 1.09. The van der Waals surface area contributed by atoms with Crippen molar-refractivity contribution in [1.29, 1.82) is 0 Å². The maximum atomic E-state index is 11.5. The number of Topliss-reactive ketones (excluding diaryl/α,β-unsaturated/α-hetero) is 1. The normalized spacial score (nSPS) is 10.6. The van der Waals surface area contributed by atoms with Crippen LogP contribution in [0.1, 0.15) is 10.4 Å².